The Kier molecular flexibility index (Phi) is 7.26. The lowest BCUT2D eigenvalue weighted by Gasteiger charge is -2.22. The standard InChI is InChI=1S/C28H36N4O/c1-5-21(6-2)19-22-12-14-23(15-13-22)28-30-29-26(31(28)7-3)16-17-27(33)32-20(4)18-24-10-8-9-11-25(24)32/h8-15,20-21H,5-7,16-19H2,1-4H3. The van der Waals surface area contributed by atoms with Crippen LogP contribution in [-0.4, -0.2) is 26.7 Å². The maximum atomic E-state index is 13.1. The molecular weight excluding hydrogens is 408 g/mol. The van der Waals surface area contributed by atoms with Gasteiger partial charge in [0.15, 0.2) is 5.82 Å². The number of aromatic nitrogens is 3. The zero-order valence-electron chi connectivity index (χ0n) is 20.4. The van der Waals surface area contributed by atoms with Gasteiger partial charge in [-0.05, 0) is 49.8 Å². The summed E-state index contributed by atoms with van der Waals surface area (Å²) in [4.78, 5) is 15.1. The Morgan fingerprint density at radius 3 is 2.45 bits per heavy atom. The fourth-order valence-corrected chi connectivity index (χ4v) is 5.05. The third kappa shape index (κ3) is 4.87. The molecule has 5 nitrogen and oxygen atoms in total. The molecule has 0 radical (unpaired) electrons. The third-order valence-corrected chi connectivity index (χ3v) is 7.07. The minimum atomic E-state index is 0.158. The predicted octanol–water partition coefficient (Wildman–Crippen LogP) is 5.85. The van der Waals surface area contributed by atoms with Crippen LogP contribution in [0.4, 0.5) is 5.69 Å². The molecule has 1 amide bonds. The average Bonchev–Trinajstić information content (AvgIpc) is 3.41. The van der Waals surface area contributed by atoms with Crippen molar-refractivity contribution in [1.29, 1.82) is 0 Å². The Balaban J connectivity index is 1.45. The summed E-state index contributed by atoms with van der Waals surface area (Å²) in [7, 11) is 0. The molecule has 1 aromatic heterocycles. The van der Waals surface area contributed by atoms with Crippen LogP contribution < -0.4 is 4.90 Å². The second-order valence-corrected chi connectivity index (χ2v) is 9.21. The Morgan fingerprint density at radius 2 is 1.76 bits per heavy atom. The van der Waals surface area contributed by atoms with Gasteiger partial charge in [-0.25, -0.2) is 0 Å². The number of fused-ring (bicyclic) bond motifs is 1. The number of para-hydroxylation sites is 1. The Morgan fingerprint density at radius 1 is 1.03 bits per heavy atom. The summed E-state index contributed by atoms with van der Waals surface area (Å²) in [6.45, 7) is 9.55. The Bertz CT molecular complexity index is 1080. The molecule has 0 bridgehead atoms. The molecule has 1 aliphatic rings. The molecule has 0 saturated carbocycles. The summed E-state index contributed by atoms with van der Waals surface area (Å²) >= 11 is 0. The van der Waals surface area contributed by atoms with Crippen LogP contribution in [-0.2, 0) is 30.6 Å². The first kappa shape index (κ1) is 23.2. The van der Waals surface area contributed by atoms with Gasteiger partial charge in [-0.15, -0.1) is 10.2 Å². The van der Waals surface area contributed by atoms with E-state index in [4.69, 9.17) is 0 Å². The zero-order chi connectivity index (χ0) is 23.4. The van der Waals surface area contributed by atoms with Crippen molar-refractivity contribution in [3.63, 3.8) is 0 Å². The van der Waals surface area contributed by atoms with Gasteiger partial charge in [0.1, 0.15) is 5.82 Å². The zero-order valence-corrected chi connectivity index (χ0v) is 20.4. The van der Waals surface area contributed by atoms with Crippen LogP contribution in [0.2, 0.25) is 0 Å². The highest BCUT2D eigenvalue weighted by molar-refractivity contribution is 5.96. The van der Waals surface area contributed by atoms with Crippen LogP contribution in [0.5, 0.6) is 0 Å². The average molecular weight is 445 g/mol. The molecule has 1 unspecified atom stereocenters. The lowest BCUT2D eigenvalue weighted by Crippen LogP contribution is -2.36. The highest BCUT2D eigenvalue weighted by atomic mass is 16.2. The summed E-state index contributed by atoms with van der Waals surface area (Å²) in [5.74, 6) is 2.66. The van der Waals surface area contributed by atoms with Crippen LogP contribution in [0.1, 0.15) is 63.9 Å². The number of rotatable bonds is 9. The quantitative estimate of drug-likeness (QED) is 0.416. The second kappa shape index (κ2) is 10.3. The van der Waals surface area contributed by atoms with Gasteiger partial charge in [0.2, 0.25) is 5.91 Å². The molecule has 0 aliphatic carbocycles. The maximum absolute atomic E-state index is 13.1. The molecule has 174 valence electrons. The van der Waals surface area contributed by atoms with Gasteiger partial charge in [0.05, 0.1) is 0 Å². The number of carbonyl (C=O) groups excluding carboxylic acids is 1. The van der Waals surface area contributed by atoms with Crippen molar-refractivity contribution >= 4 is 11.6 Å². The maximum Gasteiger partial charge on any atom is 0.227 e. The number of hydrogen-bond donors (Lipinski definition) is 0. The van der Waals surface area contributed by atoms with Crippen LogP contribution in [0.15, 0.2) is 48.5 Å². The molecule has 0 N–H and O–H groups in total. The number of amides is 1. The fraction of sp³-hybridized carbons (Fsp3) is 0.464. The minimum absolute atomic E-state index is 0.158. The summed E-state index contributed by atoms with van der Waals surface area (Å²) in [5.41, 5.74) is 4.77. The smallest absolute Gasteiger partial charge is 0.227 e. The highest BCUT2D eigenvalue weighted by Crippen LogP contribution is 2.32. The Labute approximate surface area is 197 Å². The summed E-state index contributed by atoms with van der Waals surface area (Å²) in [5, 5.41) is 8.96. The van der Waals surface area contributed by atoms with E-state index in [0.717, 1.165) is 48.2 Å². The normalized spacial score (nSPS) is 15.3. The first-order valence-electron chi connectivity index (χ1n) is 12.5. The number of aryl methyl sites for hydroxylation is 1. The molecular formula is C28H36N4O. The largest absolute Gasteiger partial charge is 0.311 e. The number of anilines is 1. The van der Waals surface area contributed by atoms with Crippen LogP contribution >= 0.6 is 0 Å². The van der Waals surface area contributed by atoms with Gasteiger partial charge in [-0.3, -0.25) is 4.79 Å². The lowest BCUT2D eigenvalue weighted by atomic mass is 9.94. The van der Waals surface area contributed by atoms with E-state index < -0.39 is 0 Å². The molecule has 0 fully saturated rings. The van der Waals surface area contributed by atoms with Crippen molar-refractivity contribution in [1.82, 2.24) is 14.8 Å². The van der Waals surface area contributed by atoms with Crippen molar-refractivity contribution in [2.45, 2.75) is 78.8 Å². The number of benzene rings is 2. The summed E-state index contributed by atoms with van der Waals surface area (Å²) in [6.07, 6.45) is 5.51. The first-order chi connectivity index (χ1) is 16.0. The van der Waals surface area contributed by atoms with Gasteiger partial charge in [0.25, 0.3) is 0 Å². The van der Waals surface area contributed by atoms with Gasteiger partial charge in [0, 0.05) is 36.7 Å². The molecule has 1 aliphatic heterocycles. The van der Waals surface area contributed by atoms with E-state index in [0.29, 0.717) is 12.8 Å². The van der Waals surface area contributed by atoms with Gasteiger partial charge >= 0.3 is 0 Å². The topological polar surface area (TPSA) is 51.0 Å². The van der Waals surface area contributed by atoms with Crippen molar-refractivity contribution < 1.29 is 4.79 Å². The van der Waals surface area contributed by atoms with Crippen molar-refractivity contribution in [3.05, 3.63) is 65.5 Å². The second-order valence-electron chi connectivity index (χ2n) is 9.21. The molecule has 1 atom stereocenters. The van der Waals surface area contributed by atoms with E-state index in [1.54, 1.807) is 0 Å². The SMILES string of the molecule is CCC(CC)Cc1ccc(-c2nnc(CCC(=O)N3c4ccccc4CC3C)n2CC)cc1. The van der Waals surface area contributed by atoms with Crippen molar-refractivity contribution in [2.24, 2.45) is 5.92 Å². The van der Waals surface area contributed by atoms with Crippen LogP contribution in [0, 0.1) is 5.92 Å². The third-order valence-electron chi connectivity index (χ3n) is 7.07. The minimum Gasteiger partial charge on any atom is -0.311 e. The summed E-state index contributed by atoms with van der Waals surface area (Å²) in [6, 6.07) is 17.2. The van der Waals surface area contributed by atoms with Gasteiger partial charge in [-0.2, -0.15) is 0 Å². The van der Waals surface area contributed by atoms with E-state index in [2.05, 4.69) is 78.9 Å². The van der Waals surface area contributed by atoms with E-state index in [-0.39, 0.29) is 11.9 Å². The van der Waals surface area contributed by atoms with E-state index in [1.165, 1.54) is 24.0 Å². The molecule has 4 rings (SSSR count). The van der Waals surface area contributed by atoms with Gasteiger partial charge < -0.3 is 9.47 Å². The summed E-state index contributed by atoms with van der Waals surface area (Å²) < 4.78 is 2.14. The molecule has 3 aromatic rings. The molecule has 2 aromatic carbocycles. The predicted molar refractivity (Wildman–Crippen MR) is 134 cm³/mol. The van der Waals surface area contributed by atoms with Crippen molar-refractivity contribution in [2.75, 3.05) is 4.90 Å². The molecule has 0 spiro atoms. The molecule has 5 heteroatoms. The lowest BCUT2D eigenvalue weighted by molar-refractivity contribution is -0.118. The van der Waals surface area contributed by atoms with Gasteiger partial charge in [-0.1, -0.05) is 69.2 Å². The Hall–Kier alpha value is -2.95. The number of carbonyl (C=O) groups is 1. The van der Waals surface area contributed by atoms with E-state index in [1.807, 2.05) is 17.0 Å². The van der Waals surface area contributed by atoms with Crippen molar-refractivity contribution in [3.8, 4) is 11.4 Å². The van der Waals surface area contributed by atoms with E-state index >= 15 is 0 Å². The monoisotopic (exact) mass is 444 g/mol. The first-order valence-corrected chi connectivity index (χ1v) is 12.5. The van der Waals surface area contributed by atoms with Crippen LogP contribution in [0.3, 0.4) is 0 Å². The highest BCUT2D eigenvalue weighted by Gasteiger charge is 2.30. The van der Waals surface area contributed by atoms with Crippen LogP contribution in [0.25, 0.3) is 11.4 Å². The molecule has 33 heavy (non-hydrogen) atoms. The molecule has 2 heterocycles. The fourth-order valence-electron chi connectivity index (χ4n) is 5.05. The molecule has 0 saturated heterocycles. The van der Waals surface area contributed by atoms with E-state index in [9.17, 15) is 4.79 Å². The number of hydrogen-bond acceptors (Lipinski definition) is 3. The number of nitrogens with zero attached hydrogens (tertiary/aromatic N) is 4.